The number of hydrogen-bond donors (Lipinski definition) is 7. The summed E-state index contributed by atoms with van der Waals surface area (Å²) in [5.41, 5.74) is -2.18. The monoisotopic (exact) mass is 1960 g/mol. The van der Waals surface area contributed by atoms with Crippen molar-refractivity contribution < 1.29 is 164 Å². The van der Waals surface area contributed by atoms with Gasteiger partial charge >= 0.3 is 35.8 Å². The molecule has 0 aromatic rings. The molecule has 9 rings (SSSR count). The molecule has 0 aliphatic carbocycles. The fraction of sp³-hybridized carbons (Fsp3) is 0.680. The highest BCUT2D eigenvalue weighted by atomic mass is 79.9. The zero-order valence-electron chi connectivity index (χ0n) is 70.1. The molecule has 41 nitrogen and oxygen atoms in total. The van der Waals surface area contributed by atoms with Crippen molar-refractivity contribution in [2.45, 2.75) is 189 Å². The van der Waals surface area contributed by atoms with Crippen LogP contribution in [0.4, 0.5) is 0 Å². The van der Waals surface area contributed by atoms with Gasteiger partial charge < -0.3 is 53.7 Å². The number of ether oxygens (including phenoxy) is 6. The van der Waals surface area contributed by atoms with E-state index in [1.165, 1.54) is 11.8 Å². The Morgan fingerprint density at radius 1 is 0.476 bits per heavy atom. The van der Waals surface area contributed by atoms with Gasteiger partial charge in [-0.05, 0) is 133 Å². The van der Waals surface area contributed by atoms with Crippen molar-refractivity contribution in [2.75, 3.05) is 108 Å². The van der Waals surface area contributed by atoms with Crippen LogP contribution in [0.15, 0.2) is 48.6 Å². The van der Waals surface area contributed by atoms with Crippen molar-refractivity contribution in [2.24, 2.45) is 23.7 Å². The van der Waals surface area contributed by atoms with Crippen LogP contribution in [-0.2, 0) is 162 Å². The van der Waals surface area contributed by atoms with Crippen molar-refractivity contribution in [3.05, 3.63) is 48.6 Å². The number of hydroxylamine groups is 2. The van der Waals surface area contributed by atoms with Gasteiger partial charge in [-0.2, -0.15) is 24.4 Å². The van der Waals surface area contributed by atoms with E-state index in [0.29, 0.717) is 5.75 Å². The number of hydrogen-bond acceptors (Lipinski definition) is 38. The Bertz CT molecular complexity index is 4250. The number of nitrogens with one attached hydrogen (secondary N) is 2. The lowest BCUT2D eigenvalue weighted by molar-refractivity contribution is -0.195. The van der Waals surface area contributed by atoms with Crippen LogP contribution in [0.1, 0.15) is 142 Å². The molecule has 9 heterocycles. The Hall–Kier alpha value is -7.72. The van der Waals surface area contributed by atoms with E-state index in [2.05, 4.69) is 51.1 Å². The lowest BCUT2D eigenvalue weighted by atomic mass is 9.85. The first-order chi connectivity index (χ1) is 56.7. The molecule has 5 fully saturated rings. The van der Waals surface area contributed by atoms with Gasteiger partial charge in [0.1, 0.15) is 45.0 Å². The predicted molar refractivity (Wildman–Crippen MR) is 455 cm³/mol. The van der Waals surface area contributed by atoms with Gasteiger partial charge in [-0.15, -0.1) is 5.06 Å². The van der Waals surface area contributed by atoms with E-state index in [0.717, 1.165) is 63.4 Å². The number of alkyl halides is 1. The molecule has 124 heavy (non-hydrogen) atoms. The molecule has 9 aliphatic rings. The van der Waals surface area contributed by atoms with E-state index >= 15 is 0 Å². The van der Waals surface area contributed by atoms with E-state index in [-0.39, 0.29) is 190 Å². The molecular weight excluding hydrogens is 1850 g/mol. The van der Waals surface area contributed by atoms with Gasteiger partial charge in [0.25, 0.3) is 35.4 Å². The highest BCUT2D eigenvalue weighted by molar-refractivity contribution is 9.09. The summed E-state index contributed by atoms with van der Waals surface area (Å²) in [6, 6.07) is 0. The van der Waals surface area contributed by atoms with Crippen LogP contribution in [0.25, 0.3) is 0 Å². The van der Waals surface area contributed by atoms with Crippen LogP contribution in [0.5, 0.6) is 0 Å². The number of amides is 10. The first-order valence-corrected chi connectivity index (χ1v) is 48.6. The molecule has 0 radical (unpaired) electrons. The van der Waals surface area contributed by atoms with E-state index < -0.39 is 156 Å². The van der Waals surface area contributed by atoms with Gasteiger partial charge in [0.15, 0.2) is 45.1 Å². The molecule has 6 N–H and O–H groups in total. The molecule has 8 atom stereocenters. The lowest BCUT2D eigenvalue weighted by Gasteiger charge is -2.19. The number of imide groups is 5. The molecule has 5 saturated heterocycles. The first kappa shape index (κ1) is 116. The number of esters is 4. The highest BCUT2D eigenvalue weighted by Crippen LogP contribution is 2.45. The minimum Gasteiger partial charge on any atom is -0.480 e. The van der Waals surface area contributed by atoms with E-state index in [4.69, 9.17) is 53.6 Å². The molecule has 0 saturated carbocycles. The maximum atomic E-state index is 12.4. The number of fused-ring (bicyclic) bond motifs is 10. The predicted octanol–water partition coefficient (Wildman–Crippen LogP) is 0.931. The molecule has 0 aromatic heterocycles. The maximum Gasteiger partial charge on any atom is 0.348 e. The fourth-order valence-electron chi connectivity index (χ4n) is 11.4. The number of nitrogens with zero attached hydrogens (tertiary/aromatic N) is 4. The number of aliphatic hydroxyl groups is 3. The summed E-state index contributed by atoms with van der Waals surface area (Å²) in [7, 11) is -14.7. The molecule has 8 unspecified atom stereocenters. The molecule has 704 valence electrons. The van der Waals surface area contributed by atoms with Crippen LogP contribution in [0, 0.1) is 28.5 Å². The van der Waals surface area contributed by atoms with E-state index in [1.54, 1.807) is 53.7 Å². The van der Waals surface area contributed by atoms with Crippen LogP contribution < -0.4 is 5.32 Å². The molecule has 10 amide bonds. The number of sulfone groups is 4. The summed E-state index contributed by atoms with van der Waals surface area (Å²) >= 11 is 11.7. The van der Waals surface area contributed by atoms with Gasteiger partial charge in [0.2, 0.25) is 23.6 Å². The van der Waals surface area contributed by atoms with Crippen molar-refractivity contribution in [1.82, 2.24) is 25.1 Å². The van der Waals surface area contributed by atoms with Gasteiger partial charge in [0, 0.05) is 89.0 Å². The third-order valence-electron chi connectivity index (χ3n) is 16.0. The van der Waals surface area contributed by atoms with Crippen LogP contribution in [0.3, 0.4) is 0 Å². The van der Waals surface area contributed by atoms with Crippen molar-refractivity contribution in [1.29, 1.82) is 4.78 Å². The Morgan fingerprint density at radius 2 is 0.782 bits per heavy atom. The Labute approximate surface area is 745 Å². The second-order valence-corrected chi connectivity index (χ2v) is 42.2. The lowest BCUT2D eigenvalue weighted by Crippen LogP contribution is -2.36. The highest BCUT2D eigenvalue weighted by Gasteiger charge is 2.61. The van der Waals surface area contributed by atoms with Gasteiger partial charge in [0.05, 0.1) is 76.9 Å². The van der Waals surface area contributed by atoms with Gasteiger partial charge in [-0.3, -0.25) is 91.9 Å². The Kier molecular flexibility index (Phi) is 50.5. The number of carboxylic acids is 1. The average Bonchev–Trinajstić information content (AvgIpc) is 1.58. The Morgan fingerprint density at radius 3 is 1.09 bits per heavy atom. The summed E-state index contributed by atoms with van der Waals surface area (Å²) in [5.74, 6) is -13.1. The Balaban J connectivity index is 0.00000144. The molecule has 4 bridgehead atoms. The number of carboxylic acid groups (broad SMARTS) is 1. The third kappa shape index (κ3) is 44.6. The largest absolute Gasteiger partial charge is 0.480 e. The smallest absolute Gasteiger partial charge is 0.348 e. The second-order valence-electron chi connectivity index (χ2n) is 31.4. The number of aliphatic hydroxyl groups excluding tert-OH is 3. The van der Waals surface area contributed by atoms with E-state index in [9.17, 15) is 110 Å². The molecular formula is C75H115BrN6O35S7. The van der Waals surface area contributed by atoms with Crippen molar-refractivity contribution >= 4 is 187 Å². The summed E-state index contributed by atoms with van der Waals surface area (Å²) < 4.78 is 129. The number of likely N-dealkylation sites (tertiary alicyclic amines) is 1. The summed E-state index contributed by atoms with van der Waals surface area (Å²) in [6.07, 6.45) is 12.2. The molecule has 49 heteroatoms. The maximum absolute atomic E-state index is 12.4. The van der Waals surface area contributed by atoms with Gasteiger partial charge in [-0.1, -0.05) is 47.7 Å². The van der Waals surface area contributed by atoms with Crippen LogP contribution in [0.2, 0.25) is 0 Å². The van der Waals surface area contributed by atoms with Crippen LogP contribution >= 0.6 is 40.3 Å². The number of halogens is 1. The minimum atomic E-state index is -3.88. The SMILES string of the molecule is C.CC(C)(C)OC(=O)CBr.CC(C)(C)OC(=O)CS(=O)(=O)CCCN1C(=O)C2C3C=CC(O3)C2C1=O.CC(C)(C)OC(=O)CS(=O)(=O)CCCO.CC(C)(C)OC(=O)CSCCCO.N=S.O=C(CS(=O)(=O)CCCN1C(=O)C=CC1=O)ON1C(=O)CCC1=O.O=C(O)CS(=O)(=O)CCCN1C(=O)C=CC1=O.O=C1NC(=O)C2C3C=CC(O3)C12.OCCCS. The number of rotatable bonds is 32. The topological polar surface area (TPSA) is 604 Å². The summed E-state index contributed by atoms with van der Waals surface area (Å²) in [4.78, 5) is 188. The van der Waals surface area contributed by atoms with Crippen LogP contribution in [-0.4, -0.2) is 324 Å². The number of thiol groups is 1. The number of thioether (sulfide) groups is 1. The standard InChI is InChI=1S/C17H23NO7S.C13H14N2O8S.C9H11NO6S.C9H18O5S.C9H18O3S.C8H7NO3.C6H11BrO2.C3H8OS.CH4.HNS/c1-17(2,3)25-12(19)9-26(22,23)8-4-7-18-15(20)13-10-5-6-11(24-10)14(13)16(18)21;16-9-2-3-10(17)14(9)6-1-7-24(21,22)8-13(20)23-15-11(18)4-5-12(15)19;11-7-2-3-8(12)10(7)4-1-5-17(15,16)6-9(13)14;1-9(2,3)14-8(11)7-15(12,13)6-4-5-10;1-9(2,3)12-8(11)7-13-6-4-5-10;10-7-5-3-1-2-4(12-3)6(5)8(11)9-7;1-6(2,3)9-5(8)4-7;4-2-1-3-5;;1-2/h5-6,10-11,13-14H,4,7-9H2,1-3H3;2-3H,1,4-8H2;2-3H,1,4-6H2,(H,13,14);10H,4-7H2,1-3H3;10H,4-7H2,1-3H3;1-6H,(H,9,10,11);4H2,1-3H3;4-5H,1-3H2;1H4;1H. The quantitative estimate of drug-likeness (QED) is 0.00937. The van der Waals surface area contributed by atoms with Crippen molar-refractivity contribution in [3.8, 4) is 0 Å². The average molecular weight is 1970 g/mol. The number of carbonyl (C=O) groups is 16. The molecule has 0 aromatic carbocycles. The zero-order valence-corrected chi connectivity index (χ0v) is 77.5. The summed E-state index contributed by atoms with van der Waals surface area (Å²) in [6.45, 7) is 21.2. The molecule has 9 aliphatic heterocycles. The fourth-order valence-corrected chi connectivity index (χ4v) is 16.8. The summed E-state index contributed by atoms with van der Waals surface area (Å²) in [5, 5.41) is 36.2. The number of aliphatic carboxylic acids is 1. The third-order valence-corrected chi connectivity index (χ3v) is 24.2. The normalized spacial score (nSPS) is 20.5. The first-order valence-electron chi connectivity index (χ1n) is 38.0. The number of carbonyl (C=O) groups excluding carboxylic acids is 15. The van der Waals surface area contributed by atoms with E-state index in [1.807, 2.05) is 53.7 Å². The van der Waals surface area contributed by atoms with Gasteiger partial charge in [-0.25, -0.2) is 43.2 Å². The second kappa shape index (κ2) is 53.8. The minimum absolute atomic E-state index is 0. The van der Waals surface area contributed by atoms with Crippen molar-refractivity contribution in [3.63, 3.8) is 0 Å². The zero-order chi connectivity index (χ0) is 94.6. The molecule has 0 spiro atoms.